The molecule has 0 radical (unpaired) electrons. The predicted molar refractivity (Wildman–Crippen MR) is 94.1 cm³/mol. The van der Waals surface area contributed by atoms with Crippen LogP contribution < -0.4 is 0 Å². The molecule has 0 aliphatic carbocycles. The van der Waals surface area contributed by atoms with Crippen molar-refractivity contribution in [3.8, 4) is 0 Å². The molecule has 26 heavy (non-hydrogen) atoms. The van der Waals surface area contributed by atoms with E-state index >= 15 is 0 Å². The van der Waals surface area contributed by atoms with Crippen LogP contribution in [-0.4, -0.2) is 22.3 Å². The van der Waals surface area contributed by atoms with E-state index in [-0.39, 0.29) is 17.5 Å². The highest BCUT2D eigenvalue weighted by molar-refractivity contribution is 7.18. The van der Waals surface area contributed by atoms with E-state index in [1.807, 2.05) is 24.3 Å². The van der Waals surface area contributed by atoms with E-state index in [0.29, 0.717) is 6.54 Å². The van der Waals surface area contributed by atoms with Gasteiger partial charge >= 0.3 is 6.18 Å². The van der Waals surface area contributed by atoms with Crippen LogP contribution >= 0.6 is 11.3 Å². The summed E-state index contributed by atoms with van der Waals surface area (Å²) in [7, 11) is 0. The molecule has 2 aromatic carbocycles. The van der Waals surface area contributed by atoms with Gasteiger partial charge in [0.1, 0.15) is 5.01 Å². The van der Waals surface area contributed by atoms with Crippen molar-refractivity contribution in [2.24, 2.45) is 0 Å². The van der Waals surface area contributed by atoms with Gasteiger partial charge in [-0.3, -0.25) is 4.79 Å². The number of para-hydroxylation sites is 1. The number of aromatic nitrogens is 1. The molecular formula is C19H15F3N2OS. The molecule has 134 valence electrons. The van der Waals surface area contributed by atoms with Crippen LogP contribution in [0.25, 0.3) is 10.2 Å². The Labute approximate surface area is 152 Å². The van der Waals surface area contributed by atoms with Crippen LogP contribution in [0, 0.1) is 0 Å². The van der Waals surface area contributed by atoms with Gasteiger partial charge in [0.05, 0.1) is 21.8 Å². The Morgan fingerprint density at radius 3 is 2.54 bits per heavy atom. The summed E-state index contributed by atoms with van der Waals surface area (Å²) in [4.78, 5) is 19.2. The zero-order valence-electron chi connectivity index (χ0n) is 13.7. The maximum atomic E-state index is 12.8. The highest BCUT2D eigenvalue weighted by atomic mass is 32.1. The summed E-state index contributed by atoms with van der Waals surface area (Å²) in [5.41, 5.74) is 0.422. The van der Waals surface area contributed by atoms with E-state index in [1.54, 1.807) is 16.2 Å². The fourth-order valence-corrected chi connectivity index (χ4v) is 4.38. The molecule has 1 aromatic heterocycles. The highest BCUT2D eigenvalue weighted by Gasteiger charge is 2.34. The van der Waals surface area contributed by atoms with Crippen molar-refractivity contribution in [3.05, 3.63) is 64.7 Å². The lowest BCUT2D eigenvalue weighted by Crippen LogP contribution is -2.30. The maximum Gasteiger partial charge on any atom is 0.416 e. The molecule has 0 spiro atoms. The van der Waals surface area contributed by atoms with Gasteiger partial charge in [-0.15, -0.1) is 11.3 Å². The van der Waals surface area contributed by atoms with Gasteiger partial charge in [0, 0.05) is 12.1 Å². The van der Waals surface area contributed by atoms with E-state index in [1.165, 1.54) is 12.1 Å². The average molecular weight is 376 g/mol. The van der Waals surface area contributed by atoms with Crippen LogP contribution in [0.4, 0.5) is 13.2 Å². The number of carbonyl (C=O) groups excluding carboxylic acids is 1. The maximum absolute atomic E-state index is 12.8. The molecule has 0 N–H and O–H groups in total. The molecule has 4 rings (SSSR count). The number of hydrogen-bond donors (Lipinski definition) is 0. The number of fused-ring (bicyclic) bond motifs is 1. The Morgan fingerprint density at radius 2 is 1.85 bits per heavy atom. The zero-order chi connectivity index (χ0) is 18.3. The Kier molecular flexibility index (Phi) is 4.19. The first-order valence-electron chi connectivity index (χ1n) is 8.27. The van der Waals surface area contributed by atoms with Crippen molar-refractivity contribution in [2.45, 2.75) is 25.1 Å². The monoisotopic (exact) mass is 376 g/mol. The van der Waals surface area contributed by atoms with Gasteiger partial charge in [0.2, 0.25) is 0 Å². The topological polar surface area (TPSA) is 33.2 Å². The number of likely N-dealkylation sites (tertiary alicyclic amines) is 1. The van der Waals surface area contributed by atoms with Crippen LogP contribution in [0.2, 0.25) is 0 Å². The third-order valence-corrected chi connectivity index (χ3v) is 5.71. The fraction of sp³-hybridized carbons (Fsp3) is 0.263. The van der Waals surface area contributed by atoms with Crippen LogP contribution in [0.5, 0.6) is 0 Å². The lowest BCUT2D eigenvalue weighted by atomic mass is 10.1. The van der Waals surface area contributed by atoms with Gasteiger partial charge < -0.3 is 4.90 Å². The first-order chi connectivity index (χ1) is 12.4. The standard InChI is InChI=1S/C19H15F3N2OS/c20-19(21,22)13-9-7-12(8-10-13)18(25)24-11-3-5-15(24)17-23-14-4-1-2-6-16(14)26-17/h1-2,4,6-10,15H,3,5,11H2/t15-/m0/s1. The van der Waals surface area contributed by atoms with E-state index in [9.17, 15) is 18.0 Å². The third kappa shape index (κ3) is 3.07. The molecule has 3 aromatic rings. The number of alkyl halides is 3. The molecule has 1 aliphatic rings. The molecule has 1 atom stereocenters. The number of halogens is 3. The normalized spacial score (nSPS) is 17.8. The van der Waals surface area contributed by atoms with Crippen LogP contribution in [0.15, 0.2) is 48.5 Å². The number of carbonyl (C=O) groups is 1. The summed E-state index contributed by atoms with van der Waals surface area (Å²) in [6, 6.07) is 12.1. The molecule has 1 amide bonds. The number of thiazole rings is 1. The van der Waals surface area contributed by atoms with Crippen molar-refractivity contribution < 1.29 is 18.0 Å². The summed E-state index contributed by atoms with van der Waals surface area (Å²) in [6.45, 7) is 0.584. The van der Waals surface area contributed by atoms with E-state index in [4.69, 9.17) is 0 Å². The van der Waals surface area contributed by atoms with Crippen molar-refractivity contribution in [3.63, 3.8) is 0 Å². The van der Waals surface area contributed by atoms with E-state index in [0.717, 1.165) is 40.2 Å². The molecule has 0 unspecified atom stereocenters. The quantitative estimate of drug-likeness (QED) is 0.609. The first kappa shape index (κ1) is 17.0. The molecule has 1 fully saturated rings. The van der Waals surface area contributed by atoms with Gasteiger partial charge in [-0.05, 0) is 49.2 Å². The Morgan fingerprint density at radius 1 is 1.12 bits per heavy atom. The number of rotatable bonds is 2. The average Bonchev–Trinajstić information content (AvgIpc) is 3.26. The van der Waals surface area contributed by atoms with Crippen LogP contribution in [0.1, 0.15) is 39.8 Å². The molecule has 0 saturated carbocycles. The first-order valence-corrected chi connectivity index (χ1v) is 9.09. The SMILES string of the molecule is O=C(c1ccc(C(F)(F)F)cc1)N1CCC[C@H]1c1nc2ccccc2s1. The number of amides is 1. The van der Waals surface area contributed by atoms with Crippen molar-refractivity contribution in [2.75, 3.05) is 6.54 Å². The summed E-state index contributed by atoms with van der Waals surface area (Å²) in [5, 5.41) is 0.879. The number of hydrogen-bond acceptors (Lipinski definition) is 3. The summed E-state index contributed by atoms with van der Waals surface area (Å²) in [5.74, 6) is -0.250. The van der Waals surface area contributed by atoms with Crippen molar-refractivity contribution in [1.82, 2.24) is 9.88 Å². The molecule has 3 nitrogen and oxygen atoms in total. The van der Waals surface area contributed by atoms with E-state index < -0.39 is 11.7 Å². The molecular weight excluding hydrogens is 361 g/mol. The lowest BCUT2D eigenvalue weighted by molar-refractivity contribution is -0.137. The minimum absolute atomic E-state index is 0.123. The summed E-state index contributed by atoms with van der Waals surface area (Å²) >= 11 is 1.56. The minimum Gasteiger partial charge on any atom is -0.329 e. The second kappa shape index (κ2) is 6.39. The predicted octanol–water partition coefficient (Wildman–Crippen LogP) is 5.29. The molecule has 2 heterocycles. The largest absolute Gasteiger partial charge is 0.416 e. The molecule has 0 bridgehead atoms. The third-order valence-electron chi connectivity index (χ3n) is 4.57. The fourth-order valence-electron chi connectivity index (χ4n) is 3.27. The molecule has 1 saturated heterocycles. The Bertz CT molecular complexity index is 916. The van der Waals surface area contributed by atoms with Gasteiger partial charge in [-0.1, -0.05) is 12.1 Å². The van der Waals surface area contributed by atoms with Gasteiger partial charge in [0.25, 0.3) is 5.91 Å². The number of benzene rings is 2. The van der Waals surface area contributed by atoms with Gasteiger partial charge in [-0.25, -0.2) is 4.98 Å². The van der Waals surface area contributed by atoms with E-state index in [2.05, 4.69) is 4.98 Å². The summed E-state index contributed by atoms with van der Waals surface area (Å²) < 4.78 is 39.2. The van der Waals surface area contributed by atoms with Gasteiger partial charge in [-0.2, -0.15) is 13.2 Å². The minimum atomic E-state index is -4.40. The van der Waals surface area contributed by atoms with Crippen LogP contribution in [-0.2, 0) is 6.18 Å². The Balaban J connectivity index is 1.60. The van der Waals surface area contributed by atoms with Crippen LogP contribution in [0.3, 0.4) is 0 Å². The second-order valence-electron chi connectivity index (χ2n) is 6.25. The van der Waals surface area contributed by atoms with Crippen molar-refractivity contribution >= 4 is 27.5 Å². The second-order valence-corrected chi connectivity index (χ2v) is 7.31. The van der Waals surface area contributed by atoms with Gasteiger partial charge in [0.15, 0.2) is 0 Å². The zero-order valence-corrected chi connectivity index (χ0v) is 14.5. The molecule has 1 aliphatic heterocycles. The smallest absolute Gasteiger partial charge is 0.329 e. The van der Waals surface area contributed by atoms with Crippen molar-refractivity contribution in [1.29, 1.82) is 0 Å². The number of nitrogens with zero attached hydrogens (tertiary/aromatic N) is 2. The highest BCUT2D eigenvalue weighted by Crippen LogP contribution is 2.37. The molecule has 7 heteroatoms. The lowest BCUT2D eigenvalue weighted by Gasteiger charge is -2.23. The Hall–Kier alpha value is -2.41. The summed E-state index contributed by atoms with van der Waals surface area (Å²) in [6.07, 6.45) is -2.74.